The Morgan fingerprint density at radius 2 is 2.07 bits per heavy atom. The van der Waals surface area contributed by atoms with Gasteiger partial charge in [-0.2, -0.15) is 0 Å². The predicted octanol–water partition coefficient (Wildman–Crippen LogP) is 3.08. The summed E-state index contributed by atoms with van der Waals surface area (Å²) in [7, 11) is 1.39. The largest absolute Gasteiger partial charge is 0.491 e. The van der Waals surface area contributed by atoms with Crippen molar-refractivity contribution in [2.24, 2.45) is 5.92 Å². The van der Waals surface area contributed by atoms with Crippen molar-refractivity contribution in [3.8, 4) is 5.75 Å². The highest BCUT2D eigenvalue weighted by atomic mass is 35.5. The molecular weight excluding hydrogens is 368 g/mol. The first-order valence-electron chi connectivity index (χ1n) is 8.77. The van der Waals surface area contributed by atoms with Crippen LogP contribution in [0.2, 0.25) is 5.02 Å². The Morgan fingerprint density at radius 1 is 1.30 bits per heavy atom. The summed E-state index contributed by atoms with van der Waals surface area (Å²) in [5.41, 5.74) is 1.30. The first-order chi connectivity index (χ1) is 12.9. The van der Waals surface area contributed by atoms with Crippen molar-refractivity contribution in [2.45, 2.75) is 19.8 Å². The Labute approximate surface area is 162 Å². The molecule has 0 bridgehead atoms. The fourth-order valence-electron chi connectivity index (χ4n) is 3.41. The Hall–Kier alpha value is -2.60. The number of aromatic nitrogens is 1. The quantitative estimate of drug-likeness (QED) is 0.816. The number of benzene rings is 1. The molecule has 7 heteroatoms. The van der Waals surface area contributed by atoms with Crippen molar-refractivity contribution in [3.05, 3.63) is 62.5 Å². The van der Waals surface area contributed by atoms with Gasteiger partial charge in [0.05, 0.1) is 7.11 Å². The standard InChI is InChI=1S/C20H21ClN2O4/c1-12-8-14(21)5-6-15(12)19(25)13-4-3-7-23(11-13)20(26)16-9-17(24)18(27-2)10-22-16/h5-6,8-10,13H,3-4,7,11H2,1-2H3,(H,22,24)/t13-/m0/s1. The van der Waals surface area contributed by atoms with Crippen LogP contribution < -0.4 is 10.2 Å². The lowest BCUT2D eigenvalue weighted by Crippen LogP contribution is -2.43. The zero-order valence-electron chi connectivity index (χ0n) is 15.3. The van der Waals surface area contributed by atoms with Gasteiger partial charge in [0, 0.05) is 41.9 Å². The van der Waals surface area contributed by atoms with Gasteiger partial charge < -0.3 is 14.6 Å². The lowest BCUT2D eigenvalue weighted by molar-refractivity contribution is 0.0632. The summed E-state index contributed by atoms with van der Waals surface area (Å²) in [6, 6.07) is 6.44. The van der Waals surface area contributed by atoms with Gasteiger partial charge in [0.1, 0.15) is 5.69 Å². The number of hydrogen-bond donors (Lipinski definition) is 1. The van der Waals surface area contributed by atoms with Crippen LogP contribution in [0.5, 0.6) is 5.75 Å². The van der Waals surface area contributed by atoms with Crippen molar-refractivity contribution in [1.82, 2.24) is 9.88 Å². The number of likely N-dealkylation sites (tertiary alicyclic amines) is 1. The number of halogens is 1. The molecule has 2 aromatic rings. The minimum atomic E-state index is -0.360. The molecule has 1 saturated heterocycles. The molecule has 6 nitrogen and oxygen atoms in total. The van der Waals surface area contributed by atoms with E-state index in [2.05, 4.69) is 4.98 Å². The maximum absolute atomic E-state index is 12.9. The second-order valence-electron chi connectivity index (χ2n) is 6.69. The molecule has 142 valence electrons. The number of nitrogens with zero attached hydrogens (tertiary/aromatic N) is 1. The van der Waals surface area contributed by atoms with E-state index in [1.807, 2.05) is 6.92 Å². The van der Waals surface area contributed by atoms with E-state index in [0.29, 0.717) is 23.7 Å². The van der Waals surface area contributed by atoms with E-state index in [4.69, 9.17) is 16.3 Å². The van der Waals surface area contributed by atoms with E-state index < -0.39 is 0 Å². The average molecular weight is 389 g/mol. The number of aromatic amines is 1. The molecule has 27 heavy (non-hydrogen) atoms. The summed E-state index contributed by atoms with van der Waals surface area (Å²) in [6.45, 7) is 2.73. The highest BCUT2D eigenvalue weighted by Crippen LogP contribution is 2.25. The van der Waals surface area contributed by atoms with E-state index in [9.17, 15) is 14.4 Å². The zero-order valence-corrected chi connectivity index (χ0v) is 16.0. The van der Waals surface area contributed by atoms with Gasteiger partial charge in [-0.05, 0) is 43.5 Å². The maximum atomic E-state index is 12.9. The summed E-state index contributed by atoms with van der Waals surface area (Å²) < 4.78 is 4.92. The SMILES string of the molecule is COc1c[nH]c(C(=O)N2CCC[C@H](C(=O)c3ccc(Cl)cc3C)C2)cc1=O. The highest BCUT2D eigenvalue weighted by molar-refractivity contribution is 6.30. The fraction of sp³-hybridized carbons (Fsp3) is 0.350. The number of ether oxygens (including phenoxy) is 1. The summed E-state index contributed by atoms with van der Waals surface area (Å²) in [6.07, 6.45) is 2.83. The smallest absolute Gasteiger partial charge is 0.270 e. The number of nitrogens with one attached hydrogen (secondary N) is 1. The number of aryl methyl sites for hydroxylation is 1. The predicted molar refractivity (Wildman–Crippen MR) is 103 cm³/mol. The third-order valence-electron chi connectivity index (χ3n) is 4.86. The summed E-state index contributed by atoms with van der Waals surface area (Å²) in [4.78, 5) is 42.0. The average Bonchev–Trinajstić information content (AvgIpc) is 2.67. The van der Waals surface area contributed by atoms with E-state index in [-0.39, 0.29) is 34.5 Å². The Kier molecular flexibility index (Phi) is 5.65. The highest BCUT2D eigenvalue weighted by Gasteiger charge is 2.30. The molecule has 1 amide bonds. The first kappa shape index (κ1) is 19.2. The molecule has 0 saturated carbocycles. The van der Waals surface area contributed by atoms with E-state index in [1.165, 1.54) is 19.4 Å². The van der Waals surface area contributed by atoms with Crippen molar-refractivity contribution in [1.29, 1.82) is 0 Å². The molecule has 3 rings (SSSR count). The number of amides is 1. The summed E-state index contributed by atoms with van der Waals surface area (Å²) in [5.74, 6) is -0.394. The molecule has 1 N–H and O–H groups in total. The first-order valence-corrected chi connectivity index (χ1v) is 9.15. The van der Waals surface area contributed by atoms with Crippen LogP contribution in [-0.4, -0.2) is 41.8 Å². The van der Waals surface area contributed by atoms with Gasteiger partial charge in [0.15, 0.2) is 11.5 Å². The van der Waals surface area contributed by atoms with Crippen LogP contribution in [0.4, 0.5) is 0 Å². The molecule has 0 spiro atoms. The Balaban J connectivity index is 1.77. The normalized spacial score (nSPS) is 16.9. The van der Waals surface area contributed by atoms with Crippen LogP contribution >= 0.6 is 11.6 Å². The molecule has 1 aromatic carbocycles. The van der Waals surface area contributed by atoms with Crippen LogP contribution in [0, 0.1) is 12.8 Å². The maximum Gasteiger partial charge on any atom is 0.270 e. The van der Waals surface area contributed by atoms with Crippen molar-refractivity contribution < 1.29 is 14.3 Å². The number of carbonyl (C=O) groups excluding carboxylic acids is 2. The van der Waals surface area contributed by atoms with E-state index in [1.54, 1.807) is 23.1 Å². The van der Waals surface area contributed by atoms with Crippen molar-refractivity contribution in [2.75, 3.05) is 20.2 Å². The van der Waals surface area contributed by atoms with Crippen molar-refractivity contribution in [3.63, 3.8) is 0 Å². The van der Waals surface area contributed by atoms with E-state index in [0.717, 1.165) is 18.4 Å². The number of piperidine rings is 1. The van der Waals surface area contributed by atoms with Gasteiger partial charge in [-0.15, -0.1) is 0 Å². The molecule has 1 atom stereocenters. The van der Waals surface area contributed by atoms with Crippen LogP contribution in [-0.2, 0) is 0 Å². The number of carbonyl (C=O) groups is 2. The van der Waals surface area contributed by atoms with Crippen LogP contribution in [0.25, 0.3) is 0 Å². The molecule has 1 aliphatic heterocycles. The second kappa shape index (κ2) is 7.96. The monoisotopic (exact) mass is 388 g/mol. The summed E-state index contributed by atoms with van der Waals surface area (Å²) >= 11 is 5.97. The number of pyridine rings is 1. The van der Waals surface area contributed by atoms with Gasteiger partial charge in [-0.3, -0.25) is 14.4 Å². The number of H-pyrrole nitrogens is 1. The van der Waals surface area contributed by atoms with Gasteiger partial charge in [0.25, 0.3) is 5.91 Å². The minimum Gasteiger partial charge on any atom is -0.491 e. The van der Waals surface area contributed by atoms with Gasteiger partial charge in [-0.25, -0.2) is 0 Å². The molecule has 0 radical (unpaired) electrons. The van der Waals surface area contributed by atoms with Crippen LogP contribution in [0.1, 0.15) is 39.3 Å². The lowest BCUT2D eigenvalue weighted by Gasteiger charge is -2.32. The molecule has 0 aliphatic carbocycles. The summed E-state index contributed by atoms with van der Waals surface area (Å²) in [5, 5.41) is 0.591. The molecule has 1 aromatic heterocycles. The van der Waals surface area contributed by atoms with Crippen LogP contribution in [0.3, 0.4) is 0 Å². The number of Topliss-reactive ketones (excluding diaryl/α,β-unsaturated/α-hetero) is 1. The number of methoxy groups -OCH3 is 1. The van der Waals surface area contributed by atoms with Gasteiger partial charge in [-0.1, -0.05) is 11.6 Å². The second-order valence-corrected chi connectivity index (χ2v) is 7.13. The Bertz CT molecular complexity index is 938. The third-order valence-corrected chi connectivity index (χ3v) is 5.10. The topological polar surface area (TPSA) is 79.5 Å². The van der Waals surface area contributed by atoms with Crippen LogP contribution in [0.15, 0.2) is 35.3 Å². The zero-order chi connectivity index (χ0) is 19.6. The number of hydrogen-bond acceptors (Lipinski definition) is 4. The minimum absolute atomic E-state index is 0.0184. The molecule has 2 heterocycles. The molecule has 1 fully saturated rings. The Morgan fingerprint density at radius 3 is 2.74 bits per heavy atom. The van der Waals surface area contributed by atoms with Gasteiger partial charge >= 0.3 is 0 Å². The fourth-order valence-corrected chi connectivity index (χ4v) is 3.64. The van der Waals surface area contributed by atoms with E-state index >= 15 is 0 Å². The molecule has 1 aliphatic rings. The number of ketones is 1. The lowest BCUT2D eigenvalue weighted by atomic mass is 9.88. The third kappa shape index (κ3) is 4.06. The number of rotatable bonds is 4. The van der Waals surface area contributed by atoms with Gasteiger partial charge in [0.2, 0.25) is 5.43 Å². The van der Waals surface area contributed by atoms with Crippen molar-refractivity contribution >= 4 is 23.3 Å². The molecular formula is C20H21ClN2O4. The molecule has 0 unspecified atom stereocenters.